The predicted molar refractivity (Wildman–Crippen MR) is 59.4 cm³/mol. The fourth-order valence-electron chi connectivity index (χ4n) is 1.81. The number of halogens is 1. The van der Waals surface area contributed by atoms with Gasteiger partial charge in [0.25, 0.3) is 0 Å². The molecule has 0 amide bonds. The summed E-state index contributed by atoms with van der Waals surface area (Å²) in [4.78, 5) is 3.22. The van der Waals surface area contributed by atoms with E-state index in [0.29, 0.717) is 0 Å². The Bertz CT molecular complexity index is 137. The van der Waals surface area contributed by atoms with Gasteiger partial charge < -0.3 is 9.64 Å². The van der Waals surface area contributed by atoms with Gasteiger partial charge in [0.2, 0.25) is 0 Å². The molecule has 1 saturated carbocycles. The molecule has 0 bridgehead atoms. The molecule has 0 saturated heterocycles. The molecule has 13 heavy (non-hydrogen) atoms. The van der Waals surface area contributed by atoms with Crippen molar-refractivity contribution in [1.29, 1.82) is 0 Å². The lowest BCUT2D eigenvalue weighted by Gasteiger charge is -2.34. The van der Waals surface area contributed by atoms with E-state index in [1.165, 1.54) is 19.4 Å². The molecule has 0 aromatic heterocycles. The molecule has 1 aliphatic carbocycles. The Kier molecular flexibility index (Phi) is 5.29. The van der Waals surface area contributed by atoms with Crippen LogP contribution in [0.3, 0.4) is 0 Å². The van der Waals surface area contributed by atoms with Crippen molar-refractivity contribution in [3.05, 3.63) is 0 Å². The van der Waals surface area contributed by atoms with Crippen molar-refractivity contribution < 1.29 is 4.74 Å². The predicted octanol–water partition coefficient (Wildman–Crippen LogP) is 2.13. The minimum Gasteiger partial charge on any atom is -0.385 e. The molecule has 1 fully saturated rings. The van der Waals surface area contributed by atoms with Crippen molar-refractivity contribution in [1.82, 2.24) is 4.90 Å². The van der Waals surface area contributed by atoms with Crippen LogP contribution in [-0.2, 0) is 4.74 Å². The molecular formula is C10H20BrNO. The summed E-state index contributed by atoms with van der Waals surface area (Å²) in [5, 5.41) is 0. The Morgan fingerprint density at radius 3 is 2.69 bits per heavy atom. The highest BCUT2D eigenvalue weighted by Crippen LogP contribution is 2.33. The van der Waals surface area contributed by atoms with E-state index in [4.69, 9.17) is 4.74 Å². The van der Waals surface area contributed by atoms with Gasteiger partial charge in [-0.05, 0) is 32.2 Å². The average molecular weight is 250 g/mol. The first-order valence-electron chi connectivity index (χ1n) is 5.04. The van der Waals surface area contributed by atoms with E-state index < -0.39 is 0 Å². The Labute approximate surface area is 89.8 Å². The molecule has 3 heteroatoms. The molecule has 1 aliphatic rings. The van der Waals surface area contributed by atoms with Crippen LogP contribution in [0.15, 0.2) is 0 Å². The Morgan fingerprint density at radius 2 is 2.15 bits per heavy atom. The van der Waals surface area contributed by atoms with Gasteiger partial charge >= 0.3 is 0 Å². The van der Waals surface area contributed by atoms with E-state index in [-0.39, 0.29) is 0 Å². The second-order valence-corrected chi connectivity index (χ2v) is 5.34. The number of hydrogen-bond donors (Lipinski definition) is 0. The quantitative estimate of drug-likeness (QED) is 0.529. The number of rotatable bonds is 6. The molecule has 78 valence electrons. The lowest BCUT2D eigenvalue weighted by molar-refractivity contribution is 0.163. The van der Waals surface area contributed by atoms with E-state index in [0.717, 1.165) is 30.3 Å². The Balaban J connectivity index is 1.95. The van der Waals surface area contributed by atoms with E-state index in [9.17, 15) is 0 Å². The normalized spacial score (nSPS) is 27.7. The van der Waals surface area contributed by atoms with Gasteiger partial charge in [0.1, 0.15) is 0 Å². The van der Waals surface area contributed by atoms with Gasteiger partial charge in [-0.15, -0.1) is 0 Å². The zero-order valence-electron chi connectivity index (χ0n) is 8.63. The third-order valence-corrected chi connectivity index (χ3v) is 3.38. The summed E-state index contributed by atoms with van der Waals surface area (Å²) in [6, 6.07) is 0. The number of hydrogen-bond acceptors (Lipinski definition) is 2. The van der Waals surface area contributed by atoms with E-state index in [1.54, 1.807) is 7.11 Å². The van der Waals surface area contributed by atoms with Crippen LogP contribution in [0, 0.1) is 5.92 Å². The van der Waals surface area contributed by atoms with Crippen LogP contribution in [0.5, 0.6) is 0 Å². The molecule has 2 nitrogen and oxygen atoms in total. The third kappa shape index (κ3) is 4.43. The lowest BCUT2D eigenvalue weighted by atomic mass is 9.85. The fraction of sp³-hybridized carbons (Fsp3) is 1.00. The van der Waals surface area contributed by atoms with Gasteiger partial charge in [-0.3, -0.25) is 0 Å². The topological polar surface area (TPSA) is 12.5 Å². The van der Waals surface area contributed by atoms with Gasteiger partial charge in [0.05, 0.1) is 0 Å². The minimum atomic E-state index is 0.796. The maximum atomic E-state index is 5.02. The highest BCUT2D eigenvalue weighted by Gasteiger charge is 2.27. The maximum absolute atomic E-state index is 5.02. The molecule has 0 radical (unpaired) electrons. The largest absolute Gasteiger partial charge is 0.385 e. The van der Waals surface area contributed by atoms with Crippen LogP contribution in [0.4, 0.5) is 0 Å². The molecule has 0 N–H and O–H groups in total. The second kappa shape index (κ2) is 5.99. The highest BCUT2D eigenvalue weighted by molar-refractivity contribution is 9.09. The average Bonchev–Trinajstić information content (AvgIpc) is 2.02. The van der Waals surface area contributed by atoms with Gasteiger partial charge in [-0.2, -0.15) is 0 Å². The Hall–Kier alpha value is 0.400. The molecular weight excluding hydrogens is 230 g/mol. The summed E-state index contributed by atoms with van der Waals surface area (Å²) in [5.41, 5.74) is 0. The molecule has 0 aromatic carbocycles. The first-order valence-corrected chi connectivity index (χ1v) is 5.95. The number of nitrogens with zero attached hydrogens (tertiary/aromatic N) is 1. The molecule has 0 spiro atoms. The molecule has 0 unspecified atom stereocenters. The zero-order valence-corrected chi connectivity index (χ0v) is 10.2. The van der Waals surface area contributed by atoms with Gasteiger partial charge in [-0.1, -0.05) is 15.9 Å². The van der Waals surface area contributed by atoms with Crippen LogP contribution in [-0.4, -0.2) is 43.6 Å². The minimum absolute atomic E-state index is 0.796. The first kappa shape index (κ1) is 11.5. The summed E-state index contributed by atoms with van der Waals surface area (Å²) in [6.45, 7) is 3.30. The van der Waals surface area contributed by atoms with Gasteiger partial charge in [-0.25, -0.2) is 0 Å². The van der Waals surface area contributed by atoms with E-state index in [2.05, 4.69) is 27.9 Å². The van der Waals surface area contributed by atoms with Crippen LogP contribution < -0.4 is 0 Å². The number of alkyl halides is 1. The summed E-state index contributed by atoms with van der Waals surface area (Å²) < 4.78 is 5.02. The smallest absolute Gasteiger partial charge is 0.0474 e. The van der Waals surface area contributed by atoms with Crippen molar-refractivity contribution in [2.75, 3.05) is 33.9 Å². The van der Waals surface area contributed by atoms with Crippen molar-refractivity contribution in [3.8, 4) is 0 Å². The van der Waals surface area contributed by atoms with Crippen LogP contribution in [0.1, 0.15) is 19.3 Å². The second-order valence-electron chi connectivity index (χ2n) is 4.04. The van der Waals surface area contributed by atoms with Crippen LogP contribution in [0.2, 0.25) is 0 Å². The molecule has 0 aliphatic heterocycles. The SMILES string of the molecule is COCCCN(C)CC1CC(Br)C1. The van der Waals surface area contributed by atoms with E-state index in [1.807, 2.05) is 0 Å². The van der Waals surface area contributed by atoms with Crippen molar-refractivity contribution in [3.63, 3.8) is 0 Å². The van der Waals surface area contributed by atoms with Gasteiger partial charge in [0, 0.05) is 31.6 Å². The van der Waals surface area contributed by atoms with Crippen molar-refractivity contribution in [2.24, 2.45) is 5.92 Å². The standard InChI is InChI=1S/C10H20BrNO/c1-12(4-3-5-13-2)8-9-6-10(11)7-9/h9-10H,3-8H2,1-2H3. The fourth-order valence-corrected chi connectivity index (χ4v) is 2.87. The molecule has 0 atom stereocenters. The lowest BCUT2D eigenvalue weighted by Crippen LogP contribution is -2.35. The summed E-state index contributed by atoms with van der Waals surface area (Å²) in [6.07, 6.45) is 3.86. The maximum Gasteiger partial charge on any atom is 0.0474 e. The van der Waals surface area contributed by atoms with Crippen LogP contribution >= 0.6 is 15.9 Å². The Morgan fingerprint density at radius 1 is 1.46 bits per heavy atom. The zero-order chi connectivity index (χ0) is 9.68. The third-order valence-electron chi connectivity index (χ3n) is 2.64. The van der Waals surface area contributed by atoms with Gasteiger partial charge in [0.15, 0.2) is 0 Å². The number of ether oxygens (including phenoxy) is 1. The molecule has 0 aromatic rings. The summed E-state index contributed by atoms with van der Waals surface area (Å²) >= 11 is 3.62. The monoisotopic (exact) mass is 249 g/mol. The number of methoxy groups -OCH3 is 1. The van der Waals surface area contributed by atoms with Crippen molar-refractivity contribution >= 4 is 15.9 Å². The summed E-state index contributed by atoms with van der Waals surface area (Å²) in [7, 11) is 3.97. The van der Waals surface area contributed by atoms with Crippen LogP contribution in [0.25, 0.3) is 0 Å². The first-order chi connectivity index (χ1) is 6.22. The van der Waals surface area contributed by atoms with Crippen molar-refractivity contribution in [2.45, 2.75) is 24.1 Å². The molecule has 1 rings (SSSR count). The van der Waals surface area contributed by atoms with E-state index >= 15 is 0 Å². The summed E-state index contributed by atoms with van der Waals surface area (Å²) in [5.74, 6) is 0.928. The molecule has 0 heterocycles. The highest BCUT2D eigenvalue weighted by atomic mass is 79.9.